The summed E-state index contributed by atoms with van der Waals surface area (Å²) in [5, 5.41) is 11.4. The van der Waals surface area contributed by atoms with Crippen LogP contribution in [0.25, 0.3) is 10.9 Å². The Morgan fingerprint density at radius 1 is 1.11 bits per heavy atom. The van der Waals surface area contributed by atoms with Gasteiger partial charge in [0.2, 0.25) is 5.82 Å². The summed E-state index contributed by atoms with van der Waals surface area (Å²) in [6.07, 6.45) is 6.24. The van der Waals surface area contributed by atoms with Crippen LogP contribution >= 0.6 is 0 Å². The predicted molar refractivity (Wildman–Crippen MR) is 143 cm³/mol. The molecule has 9 heteroatoms. The molecular weight excluding hydrogens is 495 g/mol. The zero-order valence-electron chi connectivity index (χ0n) is 22.3. The third kappa shape index (κ3) is 6.32. The van der Waals surface area contributed by atoms with Crippen molar-refractivity contribution in [1.29, 1.82) is 0 Å². The molecular formula is C29H36F3N3O3. The lowest BCUT2D eigenvalue weighted by Crippen LogP contribution is -2.43. The number of aliphatic hydroxyl groups excluding tert-OH is 1. The molecule has 0 bridgehead atoms. The van der Waals surface area contributed by atoms with Gasteiger partial charge >= 0.3 is 0 Å². The van der Waals surface area contributed by atoms with E-state index in [0.717, 1.165) is 73.6 Å². The zero-order chi connectivity index (χ0) is 27.3. The highest BCUT2D eigenvalue weighted by Gasteiger charge is 2.33. The molecule has 0 amide bonds. The third-order valence-corrected chi connectivity index (χ3v) is 7.66. The van der Waals surface area contributed by atoms with Crippen molar-refractivity contribution in [3.63, 3.8) is 0 Å². The standard InChI is InChI=1S/C29H36F3N3O3/c1-34(2)26-18-33-25-7-6-21(37-3)17-23(25)22(26)5-4-8-29(19-36)9-11-35(12-10-29)13-14-38-27-16-20(30)15-24(31)28(27)32/h6-7,15-18,36H,4-5,8-14,19H2,1-3H3. The number of aryl methyl sites for hydroxylation is 1. The largest absolute Gasteiger partial charge is 0.497 e. The fourth-order valence-corrected chi connectivity index (χ4v) is 5.29. The Morgan fingerprint density at radius 2 is 1.87 bits per heavy atom. The number of hydrogen-bond donors (Lipinski definition) is 1. The fraction of sp³-hybridized carbons (Fsp3) is 0.483. The van der Waals surface area contributed by atoms with Crippen molar-refractivity contribution in [2.24, 2.45) is 5.41 Å². The van der Waals surface area contributed by atoms with Gasteiger partial charge in [0.1, 0.15) is 18.2 Å². The number of benzene rings is 2. The van der Waals surface area contributed by atoms with Crippen LogP contribution in [0.1, 0.15) is 31.2 Å². The summed E-state index contributed by atoms with van der Waals surface area (Å²) in [6.45, 7) is 2.29. The van der Waals surface area contributed by atoms with E-state index < -0.39 is 23.2 Å². The highest BCUT2D eigenvalue weighted by molar-refractivity contribution is 5.88. The third-order valence-electron chi connectivity index (χ3n) is 7.66. The first-order valence-corrected chi connectivity index (χ1v) is 13.0. The number of likely N-dealkylation sites (tertiary alicyclic amines) is 1. The molecule has 0 radical (unpaired) electrons. The van der Waals surface area contributed by atoms with Crippen LogP contribution in [0.2, 0.25) is 0 Å². The fourth-order valence-electron chi connectivity index (χ4n) is 5.29. The number of aromatic nitrogens is 1. The summed E-state index contributed by atoms with van der Waals surface area (Å²) < 4.78 is 51.3. The van der Waals surface area contributed by atoms with Gasteiger partial charge in [0.15, 0.2) is 11.6 Å². The molecule has 0 aliphatic carbocycles. The van der Waals surface area contributed by atoms with Crippen LogP contribution in [0.4, 0.5) is 18.9 Å². The van der Waals surface area contributed by atoms with Gasteiger partial charge in [-0.3, -0.25) is 9.88 Å². The number of piperidine rings is 1. The van der Waals surface area contributed by atoms with Crippen LogP contribution in [-0.2, 0) is 6.42 Å². The number of ether oxygens (including phenoxy) is 2. The van der Waals surface area contributed by atoms with Gasteiger partial charge in [0.25, 0.3) is 0 Å². The van der Waals surface area contributed by atoms with E-state index in [-0.39, 0.29) is 18.6 Å². The monoisotopic (exact) mass is 531 g/mol. The van der Waals surface area contributed by atoms with Crippen LogP contribution in [0, 0.1) is 22.9 Å². The lowest BCUT2D eigenvalue weighted by Gasteiger charge is -2.41. The average Bonchev–Trinajstić information content (AvgIpc) is 2.91. The first-order valence-electron chi connectivity index (χ1n) is 13.0. The molecule has 1 saturated heterocycles. The smallest absolute Gasteiger partial charge is 0.200 e. The Hall–Kier alpha value is -3.04. The Balaban J connectivity index is 1.34. The van der Waals surface area contributed by atoms with E-state index in [9.17, 15) is 18.3 Å². The van der Waals surface area contributed by atoms with Crippen molar-refractivity contribution in [3.05, 3.63) is 59.5 Å². The average molecular weight is 532 g/mol. The Labute approximate surface area is 222 Å². The molecule has 0 atom stereocenters. The number of pyridine rings is 1. The number of rotatable bonds is 11. The Kier molecular flexibility index (Phi) is 8.99. The minimum absolute atomic E-state index is 0.122. The topological polar surface area (TPSA) is 58.1 Å². The second kappa shape index (κ2) is 12.2. The van der Waals surface area contributed by atoms with Gasteiger partial charge in [0.05, 0.1) is 24.5 Å². The SMILES string of the molecule is COc1ccc2ncc(N(C)C)c(CCCC3(CO)CCN(CCOc4cc(F)cc(F)c4F)CC3)c2c1. The van der Waals surface area contributed by atoms with Gasteiger partial charge in [-0.15, -0.1) is 0 Å². The lowest BCUT2D eigenvalue weighted by atomic mass is 9.75. The van der Waals surface area contributed by atoms with Crippen molar-refractivity contribution in [2.45, 2.75) is 32.1 Å². The molecule has 1 fully saturated rings. The highest BCUT2D eigenvalue weighted by atomic mass is 19.2. The number of anilines is 1. The van der Waals surface area contributed by atoms with E-state index in [0.29, 0.717) is 12.6 Å². The lowest BCUT2D eigenvalue weighted by molar-refractivity contribution is 0.0314. The molecule has 1 N–H and O–H groups in total. The number of hydrogen-bond acceptors (Lipinski definition) is 6. The maximum absolute atomic E-state index is 13.8. The summed E-state index contributed by atoms with van der Waals surface area (Å²) in [7, 11) is 5.69. The van der Waals surface area contributed by atoms with Gasteiger partial charge in [0, 0.05) is 44.8 Å². The number of aliphatic hydroxyl groups is 1. The zero-order valence-corrected chi connectivity index (χ0v) is 22.3. The molecule has 1 aromatic heterocycles. The molecule has 0 spiro atoms. The maximum Gasteiger partial charge on any atom is 0.200 e. The molecule has 2 aromatic carbocycles. The van der Waals surface area contributed by atoms with Gasteiger partial charge in [-0.05, 0) is 74.4 Å². The van der Waals surface area contributed by atoms with E-state index in [1.54, 1.807) is 7.11 Å². The second-order valence-corrected chi connectivity index (χ2v) is 10.3. The van der Waals surface area contributed by atoms with Crippen LogP contribution in [0.5, 0.6) is 11.5 Å². The minimum Gasteiger partial charge on any atom is -0.497 e. The molecule has 0 unspecified atom stereocenters. The van der Waals surface area contributed by atoms with Crippen LogP contribution in [0.15, 0.2) is 36.5 Å². The first kappa shape index (κ1) is 28.0. The molecule has 1 aliphatic heterocycles. The summed E-state index contributed by atoms with van der Waals surface area (Å²) in [6, 6.07) is 7.29. The summed E-state index contributed by atoms with van der Waals surface area (Å²) in [5.41, 5.74) is 3.07. The van der Waals surface area contributed by atoms with E-state index in [1.165, 1.54) is 5.56 Å². The molecule has 1 aliphatic rings. The van der Waals surface area contributed by atoms with Crippen LogP contribution < -0.4 is 14.4 Å². The highest BCUT2D eigenvalue weighted by Crippen LogP contribution is 2.38. The van der Waals surface area contributed by atoms with Gasteiger partial charge < -0.3 is 19.5 Å². The van der Waals surface area contributed by atoms with E-state index in [1.807, 2.05) is 38.5 Å². The predicted octanol–water partition coefficient (Wildman–Crippen LogP) is 5.20. The number of methoxy groups -OCH3 is 1. The quantitative estimate of drug-likeness (QED) is 0.343. The molecule has 38 heavy (non-hydrogen) atoms. The normalized spacial score (nSPS) is 15.6. The van der Waals surface area contributed by atoms with Gasteiger partial charge in [-0.2, -0.15) is 4.39 Å². The van der Waals surface area contributed by atoms with Crippen molar-refractivity contribution in [1.82, 2.24) is 9.88 Å². The van der Waals surface area contributed by atoms with E-state index in [4.69, 9.17) is 9.47 Å². The van der Waals surface area contributed by atoms with Crippen molar-refractivity contribution in [3.8, 4) is 11.5 Å². The molecule has 3 aromatic rings. The molecule has 206 valence electrons. The van der Waals surface area contributed by atoms with E-state index >= 15 is 0 Å². The van der Waals surface area contributed by atoms with E-state index in [2.05, 4.69) is 14.8 Å². The van der Waals surface area contributed by atoms with Crippen LogP contribution in [0.3, 0.4) is 0 Å². The van der Waals surface area contributed by atoms with Crippen molar-refractivity contribution < 1.29 is 27.8 Å². The second-order valence-electron chi connectivity index (χ2n) is 10.3. The molecule has 2 heterocycles. The molecule has 0 saturated carbocycles. The first-order chi connectivity index (χ1) is 18.2. The summed E-state index contributed by atoms with van der Waals surface area (Å²) >= 11 is 0. The van der Waals surface area contributed by atoms with Crippen LogP contribution in [-0.4, -0.2) is 69.0 Å². The number of fused-ring (bicyclic) bond motifs is 1. The molecule has 6 nitrogen and oxygen atoms in total. The summed E-state index contributed by atoms with van der Waals surface area (Å²) in [5.74, 6) is -2.93. The number of nitrogens with zero attached hydrogens (tertiary/aromatic N) is 3. The number of halogens is 3. The van der Waals surface area contributed by atoms with Gasteiger partial charge in [-0.1, -0.05) is 0 Å². The summed E-state index contributed by atoms with van der Waals surface area (Å²) in [4.78, 5) is 8.87. The minimum atomic E-state index is -1.26. The maximum atomic E-state index is 13.8. The Bertz CT molecular complexity index is 1250. The molecule has 4 rings (SSSR count). The Morgan fingerprint density at radius 3 is 2.55 bits per heavy atom. The van der Waals surface area contributed by atoms with Crippen molar-refractivity contribution >= 4 is 16.6 Å². The van der Waals surface area contributed by atoms with Crippen molar-refractivity contribution in [2.75, 3.05) is 59.0 Å². The van der Waals surface area contributed by atoms with Gasteiger partial charge in [-0.25, -0.2) is 8.78 Å².